The highest BCUT2D eigenvalue weighted by atomic mass is 35.5. The Morgan fingerprint density at radius 1 is 0.926 bits per heavy atom. The molecule has 3 nitrogen and oxygen atoms in total. The topological polar surface area (TPSA) is 46.3 Å². The molecule has 1 unspecified atom stereocenters. The second-order valence-corrected chi connectivity index (χ2v) is 7.35. The van der Waals surface area contributed by atoms with Crippen molar-refractivity contribution in [3.63, 3.8) is 0 Å². The summed E-state index contributed by atoms with van der Waals surface area (Å²) in [5, 5.41) is 0.643. The van der Waals surface area contributed by atoms with Crippen molar-refractivity contribution in [1.82, 2.24) is 4.90 Å². The van der Waals surface area contributed by atoms with E-state index >= 15 is 0 Å². The number of halogens is 1. The third kappa shape index (κ3) is 3.75. The highest BCUT2D eigenvalue weighted by Gasteiger charge is 2.27. The maximum atomic E-state index is 12.8. The fraction of sp³-hybridized carbons (Fsp3) is 0.174. The quantitative estimate of drug-likeness (QED) is 0.732. The lowest BCUT2D eigenvalue weighted by atomic mass is 10.0. The molecule has 1 aliphatic rings. The van der Waals surface area contributed by atoms with Gasteiger partial charge in [-0.2, -0.15) is 0 Å². The highest BCUT2D eigenvalue weighted by molar-refractivity contribution is 6.31. The number of amides is 1. The first-order chi connectivity index (χ1) is 13.1. The molecule has 136 valence electrons. The van der Waals surface area contributed by atoms with Gasteiger partial charge in [-0.3, -0.25) is 4.79 Å². The van der Waals surface area contributed by atoms with Gasteiger partial charge in [-0.1, -0.05) is 78.3 Å². The van der Waals surface area contributed by atoms with E-state index in [0.717, 1.165) is 16.7 Å². The maximum absolute atomic E-state index is 12.8. The van der Waals surface area contributed by atoms with Gasteiger partial charge in [0.15, 0.2) is 0 Å². The third-order valence-corrected chi connectivity index (χ3v) is 5.42. The van der Waals surface area contributed by atoms with E-state index in [2.05, 4.69) is 12.1 Å². The fourth-order valence-corrected chi connectivity index (χ4v) is 3.83. The summed E-state index contributed by atoms with van der Waals surface area (Å²) < 4.78 is 0. The molecule has 27 heavy (non-hydrogen) atoms. The van der Waals surface area contributed by atoms with Crippen LogP contribution in [-0.2, 0) is 24.3 Å². The van der Waals surface area contributed by atoms with Crippen LogP contribution in [0.5, 0.6) is 0 Å². The zero-order chi connectivity index (χ0) is 18.8. The third-order valence-electron chi connectivity index (χ3n) is 5.07. The van der Waals surface area contributed by atoms with E-state index in [-0.39, 0.29) is 5.91 Å². The van der Waals surface area contributed by atoms with E-state index in [0.29, 0.717) is 24.5 Å². The number of carbonyl (C=O) groups is 1. The van der Waals surface area contributed by atoms with Crippen molar-refractivity contribution in [3.05, 3.63) is 94.5 Å². The number of carbonyl (C=O) groups excluding carboxylic acids is 1. The lowest BCUT2D eigenvalue weighted by molar-refractivity contribution is -0.133. The average molecular weight is 377 g/mol. The van der Waals surface area contributed by atoms with Gasteiger partial charge in [-0.25, -0.2) is 0 Å². The maximum Gasteiger partial charge on any atom is 0.240 e. The van der Waals surface area contributed by atoms with Crippen LogP contribution in [0.4, 0.5) is 0 Å². The van der Waals surface area contributed by atoms with Crippen LogP contribution in [0.15, 0.2) is 72.8 Å². The van der Waals surface area contributed by atoms with E-state index in [4.69, 9.17) is 17.3 Å². The van der Waals surface area contributed by atoms with Crippen molar-refractivity contribution in [2.75, 3.05) is 0 Å². The van der Waals surface area contributed by atoms with Crippen molar-refractivity contribution in [2.24, 2.45) is 5.73 Å². The van der Waals surface area contributed by atoms with Crippen molar-refractivity contribution < 1.29 is 4.79 Å². The van der Waals surface area contributed by atoms with Crippen LogP contribution in [0.25, 0.3) is 11.1 Å². The van der Waals surface area contributed by atoms with Gasteiger partial charge >= 0.3 is 0 Å². The molecule has 0 radical (unpaired) electrons. The molecule has 0 saturated carbocycles. The van der Waals surface area contributed by atoms with E-state index < -0.39 is 6.04 Å². The number of nitrogens with two attached hydrogens (primary N) is 1. The first-order valence-electron chi connectivity index (χ1n) is 9.07. The largest absolute Gasteiger partial charge is 0.333 e. The normalized spacial score (nSPS) is 14.1. The number of rotatable bonds is 4. The van der Waals surface area contributed by atoms with E-state index in [1.165, 1.54) is 11.1 Å². The number of fused-ring (bicyclic) bond motifs is 1. The molecular weight excluding hydrogens is 356 g/mol. The monoisotopic (exact) mass is 376 g/mol. The Balaban J connectivity index is 1.45. The van der Waals surface area contributed by atoms with Gasteiger partial charge in [0.05, 0.1) is 6.04 Å². The van der Waals surface area contributed by atoms with Crippen LogP contribution in [0.2, 0.25) is 5.02 Å². The van der Waals surface area contributed by atoms with Crippen LogP contribution in [0, 0.1) is 0 Å². The Kier molecular flexibility index (Phi) is 4.97. The van der Waals surface area contributed by atoms with Crippen LogP contribution in [0.1, 0.15) is 16.7 Å². The van der Waals surface area contributed by atoms with Gasteiger partial charge in [0.2, 0.25) is 5.91 Å². The van der Waals surface area contributed by atoms with Gasteiger partial charge in [-0.05, 0) is 40.3 Å². The fourth-order valence-electron chi connectivity index (χ4n) is 3.57. The van der Waals surface area contributed by atoms with Gasteiger partial charge < -0.3 is 10.6 Å². The Bertz CT molecular complexity index is 946. The molecule has 3 aromatic rings. The molecule has 1 heterocycles. The van der Waals surface area contributed by atoms with E-state index in [1.807, 2.05) is 65.6 Å². The molecule has 1 amide bonds. The molecule has 0 saturated heterocycles. The van der Waals surface area contributed by atoms with Gasteiger partial charge in [0.25, 0.3) is 0 Å². The first kappa shape index (κ1) is 17.8. The van der Waals surface area contributed by atoms with Crippen LogP contribution in [0.3, 0.4) is 0 Å². The van der Waals surface area contributed by atoms with E-state index in [9.17, 15) is 4.79 Å². The summed E-state index contributed by atoms with van der Waals surface area (Å²) in [7, 11) is 0. The number of hydrogen-bond donors (Lipinski definition) is 1. The second-order valence-electron chi connectivity index (χ2n) is 6.95. The first-order valence-corrected chi connectivity index (χ1v) is 9.44. The van der Waals surface area contributed by atoms with E-state index in [1.54, 1.807) is 0 Å². The molecule has 0 aromatic heterocycles. The minimum Gasteiger partial charge on any atom is -0.333 e. The van der Waals surface area contributed by atoms with Gasteiger partial charge in [0, 0.05) is 18.1 Å². The Labute approximate surface area is 164 Å². The van der Waals surface area contributed by atoms with Crippen molar-refractivity contribution in [3.8, 4) is 11.1 Å². The summed E-state index contributed by atoms with van der Waals surface area (Å²) in [5.74, 6) is -0.0330. The van der Waals surface area contributed by atoms with Crippen molar-refractivity contribution >= 4 is 17.5 Å². The van der Waals surface area contributed by atoms with Gasteiger partial charge in [0.1, 0.15) is 0 Å². The smallest absolute Gasteiger partial charge is 0.240 e. The molecular formula is C23H21ClN2O. The van der Waals surface area contributed by atoms with Crippen LogP contribution < -0.4 is 5.73 Å². The predicted molar refractivity (Wildman–Crippen MR) is 109 cm³/mol. The molecule has 0 aliphatic carbocycles. The molecule has 2 N–H and O–H groups in total. The molecule has 3 aromatic carbocycles. The molecule has 4 heteroatoms. The minimum atomic E-state index is -0.598. The summed E-state index contributed by atoms with van der Waals surface area (Å²) in [4.78, 5) is 14.6. The Hall–Kier alpha value is -2.62. The molecule has 0 spiro atoms. The van der Waals surface area contributed by atoms with Crippen molar-refractivity contribution in [1.29, 1.82) is 0 Å². The molecule has 1 aliphatic heterocycles. The molecule has 1 atom stereocenters. The number of benzene rings is 3. The standard InChI is InChI=1S/C23H21ClN2O/c24-21-12-17(16-6-2-1-3-7-16)10-11-18(21)13-22(25)23(27)26-14-19-8-4-5-9-20(19)15-26/h1-12,22H,13-15,25H2. The van der Waals surface area contributed by atoms with Crippen LogP contribution >= 0.6 is 11.6 Å². The zero-order valence-electron chi connectivity index (χ0n) is 14.9. The lowest BCUT2D eigenvalue weighted by Gasteiger charge is -2.21. The lowest BCUT2D eigenvalue weighted by Crippen LogP contribution is -2.42. The Morgan fingerprint density at radius 2 is 1.56 bits per heavy atom. The second kappa shape index (κ2) is 7.55. The summed E-state index contributed by atoms with van der Waals surface area (Å²) in [5.41, 5.74) is 11.7. The SMILES string of the molecule is NC(Cc1ccc(-c2ccccc2)cc1Cl)C(=O)N1Cc2ccccc2C1. The number of nitrogens with zero attached hydrogens (tertiary/aromatic N) is 1. The summed E-state index contributed by atoms with van der Waals surface area (Å²) in [6.07, 6.45) is 0.430. The molecule has 0 bridgehead atoms. The average Bonchev–Trinajstić information content (AvgIpc) is 3.13. The zero-order valence-corrected chi connectivity index (χ0v) is 15.7. The van der Waals surface area contributed by atoms with Gasteiger partial charge in [-0.15, -0.1) is 0 Å². The summed E-state index contributed by atoms with van der Waals surface area (Å²) in [6, 6.07) is 23.5. The summed E-state index contributed by atoms with van der Waals surface area (Å²) >= 11 is 6.48. The Morgan fingerprint density at radius 3 is 2.19 bits per heavy atom. The number of hydrogen-bond acceptors (Lipinski definition) is 2. The molecule has 0 fully saturated rings. The summed E-state index contributed by atoms with van der Waals surface area (Å²) in [6.45, 7) is 1.26. The minimum absolute atomic E-state index is 0.0330. The van der Waals surface area contributed by atoms with Crippen LogP contribution in [-0.4, -0.2) is 16.8 Å². The molecule has 4 rings (SSSR count). The van der Waals surface area contributed by atoms with Crippen molar-refractivity contribution in [2.45, 2.75) is 25.6 Å². The highest BCUT2D eigenvalue weighted by Crippen LogP contribution is 2.27. The predicted octanol–water partition coefficient (Wildman–Crippen LogP) is 4.42.